The van der Waals surface area contributed by atoms with Gasteiger partial charge in [0.05, 0.1) is 24.7 Å². The summed E-state index contributed by atoms with van der Waals surface area (Å²) in [5, 5.41) is 0. The van der Waals surface area contributed by atoms with E-state index < -0.39 is 0 Å². The van der Waals surface area contributed by atoms with Gasteiger partial charge in [0, 0.05) is 26.7 Å². The smallest absolute Gasteiger partial charge is 0.144 e. The molecule has 2 fully saturated rings. The van der Waals surface area contributed by atoms with Crippen LogP contribution in [0.4, 0.5) is 0 Å². The van der Waals surface area contributed by atoms with E-state index in [1.165, 1.54) is 19.3 Å². The van der Waals surface area contributed by atoms with Gasteiger partial charge in [-0.3, -0.25) is 4.79 Å². The van der Waals surface area contributed by atoms with Crippen molar-refractivity contribution in [3.63, 3.8) is 0 Å². The van der Waals surface area contributed by atoms with Crippen LogP contribution in [0.3, 0.4) is 0 Å². The van der Waals surface area contributed by atoms with Crippen LogP contribution in [0.25, 0.3) is 0 Å². The molecule has 0 N–H and O–H groups in total. The summed E-state index contributed by atoms with van der Waals surface area (Å²) in [5.74, 6) is 0.429. The molecule has 2 aliphatic rings. The molecule has 0 radical (unpaired) electrons. The van der Waals surface area contributed by atoms with E-state index in [1.807, 2.05) is 0 Å². The molecule has 0 bridgehead atoms. The molecule has 1 unspecified atom stereocenters. The third kappa shape index (κ3) is 3.56. The standard InChI is InChI=1S/C15H26O4/c1-17-8-5-9-18-10-11-19-14-12-13(16)15(14)6-3-2-4-7-15/h14H,2-12H2,1H3. The predicted molar refractivity (Wildman–Crippen MR) is 72.2 cm³/mol. The molecule has 0 heterocycles. The zero-order valence-corrected chi connectivity index (χ0v) is 12.0. The molecule has 4 nitrogen and oxygen atoms in total. The molecular weight excluding hydrogens is 244 g/mol. The average Bonchev–Trinajstić information content (AvgIpc) is 2.46. The van der Waals surface area contributed by atoms with E-state index in [4.69, 9.17) is 14.2 Å². The van der Waals surface area contributed by atoms with Gasteiger partial charge in [0.25, 0.3) is 0 Å². The maximum Gasteiger partial charge on any atom is 0.144 e. The van der Waals surface area contributed by atoms with Crippen LogP contribution < -0.4 is 0 Å². The second-order valence-electron chi connectivity index (χ2n) is 5.66. The fourth-order valence-corrected chi connectivity index (χ4v) is 3.27. The Morgan fingerprint density at radius 3 is 2.58 bits per heavy atom. The molecular formula is C15H26O4. The lowest BCUT2D eigenvalue weighted by Crippen LogP contribution is -2.56. The highest BCUT2D eigenvalue weighted by Gasteiger charge is 2.55. The van der Waals surface area contributed by atoms with Crippen LogP contribution in [-0.2, 0) is 19.0 Å². The zero-order valence-electron chi connectivity index (χ0n) is 12.0. The summed E-state index contributed by atoms with van der Waals surface area (Å²) in [6.45, 7) is 2.67. The highest BCUT2D eigenvalue weighted by Crippen LogP contribution is 2.50. The lowest BCUT2D eigenvalue weighted by atomic mass is 9.57. The van der Waals surface area contributed by atoms with Gasteiger partial charge in [0.1, 0.15) is 5.78 Å². The Labute approximate surface area is 115 Å². The van der Waals surface area contributed by atoms with Crippen molar-refractivity contribution in [1.82, 2.24) is 0 Å². The molecule has 0 aliphatic heterocycles. The third-order valence-corrected chi connectivity index (χ3v) is 4.47. The summed E-state index contributed by atoms with van der Waals surface area (Å²) < 4.78 is 16.3. The van der Waals surface area contributed by atoms with Crippen molar-refractivity contribution in [1.29, 1.82) is 0 Å². The van der Waals surface area contributed by atoms with Gasteiger partial charge in [0.15, 0.2) is 0 Å². The minimum atomic E-state index is -0.117. The molecule has 0 aromatic rings. The summed E-state index contributed by atoms with van der Waals surface area (Å²) >= 11 is 0. The summed E-state index contributed by atoms with van der Waals surface area (Å²) in [7, 11) is 1.69. The topological polar surface area (TPSA) is 44.8 Å². The zero-order chi connectivity index (χ0) is 13.6. The van der Waals surface area contributed by atoms with Gasteiger partial charge in [0.2, 0.25) is 0 Å². The number of rotatable bonds is 8. The van der Waals surface area contributed by atoms with E-state index in [9.17, 15) is 4.79 Å². The van der Waals surface area contributed by atoms with Crippen LogP contribution in [0.1, 0.15) is 44.9 Å². The molecule has 1 spiro atoms. The second-order valence-corrected chi connectivity index (χ2v) is 5.66. The molecule has 0 amide bonds. The van der Waals surface area contributed by atoms with Crippen molar-refractivity contribution in [2.45, 2.75) is 51.0 Å². The second kappa shape index (κ2) is 7.36. The number of carbonyl (C=O) groups is 1. The number of carbonyl (C=O) groups excluding carboxylic acids is 1. The molecule has 110 valence electrons. The van der Waals surface area contributed by atoms with Gasteiger partial charge < -0.3 is 14.2 Å². The normalized spacial score (nSPS) is 25.5. The van der Waals surface area contributed by atoms with E-state index >= 15 is 0 Å². The Morgan fingerprint density at radius 2 is 1.89 bits per heavy atom. The Balaban J connectivity index is 1.60. The highest BCUT2D eigenvalue weighted by atomic mass is 16.5. The molecule has 0 aromatic heterocycles. The highest BCUT2D eigenvalue weighted by molar-refractivity contribution is 5.92. The largest absolute Gasteiger partial charge is 0.385 e. The van der Waals surface area contributed by atoms with E-state index in [1.54, 1.807) is 7.11 Å². The Hall–Kier alpha value is -0.450. The first-order chi connectivity index (χ1) is 9.29. The average molecular weight is 270 g/mol. The van der Waals surface area contributed by atoms with E-state index in [-0.39, 0.29) is 11.5 Å². The number of Topliss-reactive ketones (excluding diaryl/α,β-unsaturated/α-hetero) is 1. The SMILES string of the molecule is COCCCOCCOC1CC(=O)C12CCCCC2. The van der Waals surface area contributed by atoms with Crippen LogP contribution in [0.5, 0.6) is 0 Å². The monoisotopic (exact) mass is 270 g/mol. The molecule has 0 saturated heterocycles. The summed E-state index contributed by atoms with van der Waals surface area (Å²) in [5.41, 5.74) is -0.117. The van der Waals surface area contributed by atoms with Gasteiger partial charge in [-0.2, -0.15) is 0 Å². The number of ketones is 1. The predicted octanol–water partition coefficient (Wildman–Crippen LogP) is 2.35. The summed E-state index contributed by atoms with van der Waals surface area (Å²) in [4.78, 5) is 11.9. The Morgan fingerprint density at radius 1 is 1.11 bits per heavy atom. The first-order valence-corrected chi connectivity index (χ1v) is 7.51. The van der Waals surface area contributed by atoms with Crippen molar-refractivity contribution in [2.75, 3.05) is 33.5 Å². The minimum Gasteiger partial charge on any atom is -0.385 e. The molecule has 1 atom stereocenters. The number of hydrogen-bond donors (Lipinski definition) is 0. The van der Waals surface area contributed by atoms with Crippen LogP contribution in [0.15, 0.2) is 0 Å². The summed E-state index contributed by atoms with van der Waals surface area (Å²) in [6, 6.07) is 0. The third-order valence-electron chi connectivity index (χ3n) is 4.47. The van der Waals surface area contributed by atoms with Crippen molar-refractivity contribution in [2.24, 2.45) is 5.41 Å². The van der Waals surface area contributed by atoms with Gasteiger partial charge in [-0.15, -0.1) is 0 Å². The molecule has 0 aromatic carbocycles. The number of methoxy groups -OCH3 is 1. The van der Waals surface area contributed by atoms with Crippen LogP contribution >= 0.6 is 0 Å². The Bertz CT molecular complexity index is 284. The Kier molecular flexibility index (Phi) is 5.79. The van der Waals surface area contributed by atoms with Gasteiger partial charge in [-0.05, 0) is 19.3 Å². The van der Waals surface area contributed by atoms with Gasteiger partial charge >= 0.3 is 0 Å². The molecule has 2 rings (SSSR count). The first kappa shape index (κ1) is 14.9. The molecule has 19 heavy (non-hydrogen) atoms. The maximum atomic E-state index is 11.9. The lowest BCUT2D eigenvalue weighted by Gasteiger charge is -2.49. The van der Waals surface area contributed by atoms with E-state index in [2.05, 4.69) is 0 Å². The van der Waals surface area contributed by atoms with Crippen molar-refractivity contribution in [3.8, 4) is 0 Å². The summed E-state index contributed by atoms with van der Waals surface area (Å²) in [6.07, 6.45) is 7.38. The fourth-order valence-electron chi connectivity index (χ4n) is 3.27. The van der Waals surface area contributed by atoms with Crippen molar-refractivity contribution < 1.29 is 19.0 Å². The van der Waals surface area contributed by atoms with E-state index in [0.717, 1.165) is 25.9 Å². The van der Waals surface area contributed by atoms with Crippen LogP contribution in [0, 0.1) is 5.41 Å². The van der Waals surface area contributed by atoms with Crippen molar-refractivity contribution in [3.05, 3.63) is 0 Å². The fraction of sp³-hybridized carbons (Fsp3) is 0.933. The minimum absolute atomic E-state index is 0.117. The first-order valence-electron chi connectivity index (χ1n) is 7.51. The molecule has 2 saturated carbocycles. The van der Waals surface area contributed by atoms with Crippen LogP contribution in [0.2, 0.25) is 0 Å². The van der Waals surface area contributed by atoms with Crippen LogP contribution in [-0.4, -0.2) is 45.4 Å². The lowest BCUT2D eigenvalue weighted by molar-refractivity contribution is -0.171. The van der Waals surface area contributed by atoms with E-state index in [0.29, 0.717) is 32.0 Å². The quantitative estimate of drug-likeness (QED) is 0.635. The number of hydrogen-bond acceptors (Lipinski definition) is 4. The molecule has 2 aliphatic carbocycles. The van der Waals surface area contributed by atoms with Crippen molar-refractivity contribution >= 4 is 5.78 Å². The maximum absolute atomic E-state index is 11.9. The molecule has 4 heteroatoms. The number of ether oxygens (including phenoxy) is 3. The van der Waals surface area contributed by atoms with Gasteiger partial charge in [-0.1, -0.05) is 19.3 Å². The van der Waals surface area contributed by atoms with Gasteiger partial charge in [-0.25, -0.2) is 0 Å².